The number of allylic oxidation sites excluding steroid dienone is 5. The summed E-state index contributed by atoms with van der Waals surface area (Å²) in [7, 11) is 0. The van der Waals surface area contributed by atoms with Crippen molar-refractivity contribution in [3.63, 3.8) is 0 Å². The molecule has 3 nitrogen and oxygen atoms in total. The first-order valence-electron chi connectivity index (χ1n) is 10.4. The molecule has 0 spiro atoms. The van der Waals surface area contributed by atoms with Gasteiger partial charge in [-0.15, -0.1) is 0 Å². The van der Waals surface area contributed by atoms with E-state index in [1.54, 1.807) is 0 Å². The van der Waals surface area contributed by atoms with Gasteiger partial charge in [0.2, 0.25) is 0 Å². The summed E-state index contributed by atoms with van der Waals surface area (Å²) in [6.07, 6.45) is 17.1. The minimum Gasteiger partial charge on any atom is -0.394 e. The number of aryl methyl sites for hydroxylation is 1. The maximum absolute atomic E-state index is 9.51. The van der Waals surface area contributed by atoms with Gasteiger partial charge < -0.3 is 10.8 Å². The van der Waals surface area contributed by atoms with Crippen LogP contribution in [0.25, 0.3) is 0 Å². The highest BCUT2D eigenvalue weighted by molar-refractivity contribution is 5.39. The number of aliphatic hydroxyl groups is 1. The van der Waals surface area contributed by atoms with Crippen LogP contribution in [-0.4, -0.2) is 22.2 Å². The van der Waals surface area contributed by atoms with Gasteiger partial charge in [-0.25, -0.2) is 0 Å². The van der Waals surface area contributed by atoms with E-state index in [-0.39, 0.29) is 6.61 Å². The monoisotopic (exact) mass is 366 g/mol. The van der Waals surface area contributed by atoms with Gasteiger partial charge in [-0.1, -0.05) is 30.4 Å². The van der Waals surface area contributed by atoms with Crippen molar-refractivity contribution in [2.24, 2.45) is 17.6 Å². The SMILES string of the molecule is C=C(/C=C1/CC[C@H](CCc2cccnc2)C/C1=C/C)[C@H]1CC[C@](N)(CO)C1. The Labute approximate surface area is 164 Å². The van der Waals surface area contributed by atoms with Gasteiger partial charge in [0.1, 0.15) is 0 Å². The minimum absolute atomic E-state index is 0.0755. The highest BCUT2D eigenvalue weighted by Crippen LogP contribution is 2.40. The lowest BCUT2D eigenvalue weighted by atomic mass is 9.78. The molecule has 2 aliphatic rings. The molecule has 2 fully saturated rings. The molecule has 0 amide bonds. The van der Waals surface area contributed by atoms with Gasteiger partial charge in [-0.05, 0) is 92.9 Å². The zero-order valence-corrected chi connectivity index (χ0v) is 16.7. The average Bonchev–Trinajstić information content (AvgIpc) is 3.11. The second-order valence-corrected chi connectivity index (χ2v) is 8.53. The first kappa shape index (κ1) is 20.0. The third kappa shape index (κ3) is 5.18. The number of pyridine rings is 1. The second-order valence-electron chi connectivity index (χ2n) is 8.53. The van der Waals surface area contributed by atoms with Crippen LogP contribution in [0, 0.1) is 11.8 Å². The first-order valence-corrected chi connectivity index (χ1v) is 10.4. The number of hydrogen-bond acceptors (Lipinski definition) is 3. The molecule has 0 bridgehead atoms. The van der Waals surface area contributed by atoms with Crippen LogP contribution in [0.3, 0.4) is 0 Å². The number of rotatable bonds is 6. The lowest BCUT2D eigenvalue weighted by molar-refractivity contribution is 0.197. The zero-order chi connectivity index (χ0) is 19.3. The van der Waals surface area contributed by atoms with Crippen molar-refractivity contribution >= 4 is 0 Å². The van der Waals surface area contributed by atoms with Crippen LogP contribution in [0.1, 0.15) is 57.4 Å². The van der Waals surface area contributed by atoms with E-state index in [2.05, 4.69) is 36.7 Å². The maximum Gasteiger partial charge on any atom is 0.0611 e. The molecule has 146 valence electrons. The Bertz CT molecular complexity index is 706. The third-order valence-electron chi connectivity index (χ3n) is 6.50. The van der Waals surface area contributed by atoms with Gasteiger partial charge in [0, 0.05) is 17.9 Å². The largest absolute Gasteiger partial charge is 0.394 e. The fraction of sp³-hybridized carbons (Fsp3) is 0.542. The Morgan fingerprint density at radius 2 is 2.26 bits per heavy atom. The molecular formula is C24H34N2O. The summed E-state index contributed by atoms with van der Waals surface area (Å²) in [5.41, 5.74) is 11.3. The van der Waals surface area contributed by atoms with Crippen LogP contribution in [0.2, 0.25) is 0 Å². The fourth-order valence-electron chi connectivity index (χ4n) is 4.65. The summed E-state index contributed by atoms with van der Waals surface area (Å²) >= 11 is 0. The van der Waals surface area contributed by atoms with Crippen LogP contribution in [0.4, 0.5) is 0 Å². The van der Waals surface area contributed by atoms with Crippen molar-refractivity contribution < 1.29 is 5.11 Å². The first-order chi connectivity index (χ1) is 13.0. The number of nitrogens with two attached hydrogens (primary N) is 1. The van der Waals surface area contributed by atoms with Gasteiger partial charge in [0.25, 0.3) is 0 Å². The third-order valence-corrected chi connectivity index (χ3v) is 6.50. The Hall–Kier alpha value is -1.71. The summed E-state index contributed by atoms with van der Waals surface area (Å²) in [6.45, 7) is 6.58. The van der Waals surface area contributed by atoms with Gasteiger partial charge in [0.15, 0.2) is 0 Å². The van der Waals surface area contributed by atoms with E-state index in [9.17, 15) is 5.11 Å². The smallest absolute Gasteiger partial charge is 0.0611 e. The summed E-state index contributed by atoms with van der Waals surface area (Å²) in [5.74, 6) is 1.16. The van der Waals surface area contributed by atoms with Crippen molar-refractivity contribution in [1.29, 1.82) is 0 Å². The summed E-state index contributed by atoms with van der Waals surface area (Å²) in [6, 6.07) is 4.20. The molecule has 0 radical (unpaired) electrons. The molecule has 3 atom stereocenters. The Morgan fingerprint density at radius 3 is 2.93 bits per heavy atom. The van der Waals surface area contributed by atoms with E-state index < -0.39 is 5.54 Å². The molecular weight excluding hydrogens is 332 g/mol. The van der Waals surface area contributed by atoms with E-state index in [1.807, 2.05) is 18.5 Å². The van der Waals surface area contributed by atoms with Gasteiger partial charge >= 0.3 is 0 Å². The summed E-state index contributed by atoms with van der Waals surface area (Å²) in [5, 5.41) is 9.51. The van der Waals surface area contributed by atoms with Crippen LogP contribution in [0.5, 0.6) is 0 Å². The molecule has 1 aromatic rings. The van der Waals surface area contributed by atoms with Crippen LogP contribution in [0.15, 0.2) is 60.0 Å². The molecule has 0 unspecified atom stereocenters. The normalized spacial score (nSPS) is 31.5. The van der Waals surface area contributed by atoms with Crippen molar-refractivity contribution in [3.8, 4) is 0 Å². The Balaban J connectivity index is 1.57. The molecule has 0 saturated heterocycles. The molecule has 2 aliphatic carbocycles. The Kier molecular flexibility index (Phi) is 6.67. The highest BCUT2D eigenvalue weighted by Gasteiger charge is 2.36. The molecule has 1 heterocycles. The fourth-order valence-corrected chi connectivity index (χ4v) is 4.65. The van der Waals surface area contributed by atoms with E-state index in [4.69, 9.17) is 5.73 Å². The van der Waals surface area contributed by atoms with Gasteiger partial charge in [-0.3, -0.25) is 4.98 Å². The minimum atomic E-state index is -0.403. The lowest BCUT2D eigenvalue weighted by Crippen LogP contribution is -2.40. The van der Waals surface area contributed by atoms with Gasteiger partial charge in [-0.2, -0.15) is 0 Å². The molecule has 3 rings (SSSR count). The van der Waals surface area contributed by atoms with E-state index in [1.165, 1.54) is 35.1 Å². The Morgan fingerprint density at radius 1 is 1.41 bits per heavy atom. The predicted molar refractivity (Wildman–Crippen MR) is 112 cm³/mol. The van der Waals surface area contributed by atoms with Crippen molar-refractivity contribution in [2.75, 3.05) is 6.61 Å². The van der Waals surface area contributed by atoms with Crippen molar-refractivity contribution in [2.45, 2.75) is 63.8 Å². The molecule has 2 saturated carbocycles. The number of hydrogen-bond donors (Lipinski definition) is 2. The molecule has 0 aliphatic heterocycles. The highest BCUT2D eigenvalue weighted by atomic mass is 16.3. The molecule has 1 aromatic heterocycles. The standard InChI is InChI=1S/C24H34N2O/c1-3-21-14-19(6-7-20-5-4-12-26-16-20)8-9-22(21)13-18(2)23-10-11-24(25,15-23)17-27/h3-5,12-13,16,19,23,27H,2,6-11,14-15,17,25H2,1H3/b21-3-,22-13-/t19-,23-,24+/m0/s1. The van der Waals surface area contributed by atoms with E-state index in [0.29, 0.717) is 5.92 Å². The quantitative estimate of drug-likeness (QED) is 0.765. The lowest BCUT2D eigenvalue weighted by Gasteiger charge is -2.27. The average molecular weight is 367 g/mol. The summed E-state index contributed by atoms with van der Waals surface area (Å²) in [4.78, 5) is 4.22. The summed E-state index contributed by atoms with van der Waals surface area (Å²) < 4.78 is 0. The number of aromatic nitrogens is 1. The molecule has 3 heteroatoms. The van der Waals surface area contributed by atoms with Gasteiger partial charge in [0.05, 0.1) is 6.61 Å². The van der Waals surface area contributed by atoms with Crippen LogP contribution >= 0.6 is 0 Å². The predicted octanol–water partition coefficient (Wildman–Crippen LogP) is 4.73. The van der Waals surface area contributed by atoms with Crippen LogP contribution < -0.4 is 5.73 Å². The number of aliphatic hydroxyl groups excluding tert-OH is 1. The number of nitrogens with zero attached hydrogens (tertiary/aromatic N) is 1. The molecule has 3 N–H and O–H groups in total. The van der Waals surface area contributed by atoms with Crippen molar-refractivity contribution in [3.05, 3.63) is 65.5 Å². The topological polar surface area (TPSA) is 59.1 Å². The van der Waals surface area contributed by atoms with E-state index >= 15 is 0 Å². The second kappa shape index (κ2) is 8.99. The van der Waals surface area contributed by atoms with Crippen LogP contribution in [-0.2, 0) is 6.42 Å². The molecule has 27 heavy (non-hydrogen) atoms. The maximum atomic E-state index is 9.51. The molecule has 0 aromatic carbocycles. The van der Waals surface area contributed by atoms with Crippen molar-refractivity contribution in [1.82, 2.24) is 4.98 Å². The van der Waals surface area contributed by atoms with E-state index in [0.717, 1.165) is 44.4 Å². The zero-order valence-electron chi connectivity index (χ0n) is 16.7.